The molecule has 4 rings (SSSR count). The Morgan fingerprint density at radius 2 is 1.40 bits per heavy atom. The maximum absolute atomic E-state index is 12.7. The Morgan fingerprint density at radius 1 is 0.880 bits per heavy atom. The molecule has 0 amide bonds. The van der Waals surface area contributed by atoms with Gasteiger partial charge in [-0.2, -0.15) is 0 Å². The summed E-state index contributed by atoms with van der Waals surface area (Å²) in [4.78, 5) is 12.7. The number of benzene rings is 2. The molecule has 2 aromatic rings. The van der Waals surface area contributed by atoms with Crippen molar-refractivity contribution in [2.45, 2.75) is 18.0 Å². The van der Waals surface area contributed by atoms with E-state index in [1.807, 2.05) is 60.7 Å². The first-order valence-electron chi connectivity index (χ1n) is 8.17. The van der Waals surface area contributed by atoms with Gasteiger partial charge in [-0.15, -0.1) is 0 Å². The summed E-state index contributed by atoms with van der Waals surface area (Å²) >= 11 is 0. The molecule has 0 N–H and O–H groups in total. The highest BCUT2D eigenvalue weighted by atomic mass is 16.8. The van der Waals surface area contributed by atoms with Gasteiger partial charge in [0.2, 0.25) is 5.78 Å². The summed E-state index contributed by atoms with van der Waals surface area (Å²) in [5.41, 5.74) is 1.90. The molecule has 2 aromatic carbocycles. The monoisotopic (exact) mass is 334 g/mol. The average Bonchev–Trinajstić information content (AvgIpc) is 3.07. The molecular formula is C21H18O4. The van der Waals surface area contributed by atoms with Gasteiger partial charge in [0.05, 0.1) is 7.11 Å². The third-order valence-electron chi connectivity index (χ3n) is 4.48. The van der Waals surface area contributed by atoms with Crippen LogP contribution in [0.1, 0.15) is 23.3 Å². The Bertz CT molecular complexity index is 776. The standard InChI is InChI=1S/C21H18O4/c1-23-18-14-8-13-17(22)21(18)24-19(15-9-4-2-5-10-15)20(25-21)16-11-6-3-7-12-16/h2-14,19-20H,1H3/t19-,20-/m1/s1. The third-order valence-corrected chi connectivity index (χ3v) is 4.48. The molecule has 4 nitrogen and oxygen atoms in total. The van der Waals surface area contributed by atoms with Gasteiger partial charge in [-0.3, -0.25) is 4.79 Å². The molecule has 1 spiro atoms. The zero-order valence-corrected chi connectivity index (χ0v) is 13.8. The van der Waals surface area contributed by atoms with Crippen LogP contribution >= 0.6 is 0 Å². The number of hydrogen-bond acceptors (Lipinski definition) is 4. The van der Waals surface area contributed by atoms with Crippen molar-refractivity contribution in [2.24, 2.45) is 0 Å². The highest BCUT2D eigenvalue weighted by Gasteiger charge is 2.57. The molecule has 1 heterocycles. The Morgan fingerprint density at radius 3 is 1.88 bits per heavy atom. The van der Waals surface area contributed by atoms with E-state index in [0.29, 0.717) is 5.76 Å². The lowest BCUT2D eigenvalue weighted by atomic mass is 9.99. The van der Waals surface area contributed by atoms with Crippen molar-refractivity contribution in [3.05, 3.63) is 95.8 Å². The van der Waals surface area contributed by atoms with Crippen LogP contribution in [0.3, 0.4) is 0 Å². The van der Waals surface area contributed by atoms with Gasteiger partial charge < -0.3 is 14.2 Å². The second kappa shape index (κ2) is 6.31. The Kier molecular flexibility index (Phi) is 3.99. The van der Waals surface area contributed by atoms with E-state index < -0.39 is 18.0 Å². The van der Waals surface area contributed by atoms with Crippen molar-refractivity contribution in [3.8, 4) is 0 Å². The van der Waals surface area contributed by atoms with Crippen LogP contribution in [-0.4, -0.2) is 18.7 Å². The molecule has 1 saturated heterocycles. The zero-order valence-electron chi connectivity index (χ0n) is 13.8. The zero-order chi connectivity index (χ0) is 17.3. The van der Waals surface area contributed by atoms with E-state index in [9.17, 15) is 4.79 Å². The number of carbonyl (C=O) groups excluding carboxylic acids is 1. The van der Waals surface area contributed by atoms with E-state index in [4.69, 9.17) is 14.2 Å². The molecule has 0 unspecified atom stereocenters. The van der Waals surface area contributed by atoms with Gasteiger partial charge in [-0.05, 0) is 23.3 Å². The number of ether oxygens (including phenoxy) is 3. The van der Waals surface area contributed by atoms with Crippen molar-refractivity contribution in [2.75, 3.05) is 7.11 Å². The highest BCUT2D eigenvalue weighted by Crippen LogP contribution is 2.51. The minimum absolute atomic E-state index is 0.272. The van der Waals surface area contributed by atoms with E-state index in [2.05, 4.69) is 0 Å². The Hall–Kier alpha value is -2.69. The van der Waals surface area contributed by atoms with Gasteiger partial charge in [0.15, 0.2) is 5.76 Å². The van der Waals surface area contributed by atoms with Crippen LogP contribution in [0, 0.1) is 0 Å². The topological polar surface area (TPSA) is 44.8 Å². The van der Waals surface area contributed by atoms with Gasteiger partial charge in [-0.1, -0.05) is 66.7 Å². The fourth-order valence-corrected chi connectivity index (χ4v) is 3.28. The third kappa shape index (κ3) is 2.60. The van der Waals surface area contributed by atoms with Crippen LogP contribution in [0.15, 0.2) is 84.7 Å². The SMILES string of the molecule is COC1=CC=CC(=O)C12O[C@H](c1ccccc1)[C@@H](c1ccccc1)O2. The van der Waals surface area contributed by atoms with Crippen molar-refractivity contribution in [1.82, 2.24) is 0 Å². The first kappa shape index (κ1) is 15.8. The van der Waals surface area contributed by atoms with Crippen molar-refractivity contribution in [1.29, 1.82) is 0 Å². The number of allylic oxidation sites excluding steroid dienone is 2. The molecule has 0 aromatic heterocycles. The van der Waals surface area contributed by atoms with Crippen molar-refractivity contribution >= 4 is 5.78 Å². The molecule has 0 bridgehead atoms. The normalized spacial score (nSPS) is 24.4. The molecule has 25 heavy (non-hydrogen) atoms. The molecule has 1 aliphatic heterocycles. The van der Waals surface area contributed by atoms with Crippen LogP contribution in [0.5, 0.6) is 0 Å². The summed E-state index contributed by atoms with van der Waals surface area (Å²) in [6.45, 7) is 0. The van der Waals surface area contributed by atoms with Crippen LogP contribution in [0.2, 0.25) is 0 Å². The van der Waals surface area contributed by atoms with E-state index in [-0.39, 0.29) is 5.78 Å². The van der Waals surface area contributed by atoms with Crippen molar-refractivity contribution in [3.63, 3.8) is 0 Å². The lowest BCUT2D eigenvalue weighted by molar-refractivity contribution is -0.182. The minimum atomic E-state index is -1.54. The van der Waals surface area contributed by atoms with E-state index in [0.717, 1.165) is 11.1 Å². The number of carbonyl (C=O) groups is 1. The molecule has 0 radical (unpaired) electrons. The molecule has 0 saturated carbocycles. The van der Waals surface area contributed by atoms with Crippen LogP contribution in [0.4, 0.5) is 0 Å². The van der Waals surface area contributed by atoms with Crippen LogP contribution in [0.25, 0.3) is 0 Å². The van der Waals surface area contributed by atoms with Crippen molar-refractivity contribution < 1.29 is 19.0 Å². The summed E-state index contributed by atoms with van der Waals surface area (Å²) in [5, 5.41) is 0. The Labute approximate surface area is 146 Å². The predicted molar refractivity (Wildman–Crippen MR) is 92.5 cm³/mol. The maximum Gasteiger partial charge on any atom is 0.294 e. The molecular weight excluding hydrogens is 316 g/mol. The summed E-state index contributed by atoms with van der Waals surface area (Å²) in [7, 11) is 1.51. The second-order valence-corrected chi connectivity index (χ2v) is 5.97. The number of hydrogen-bond donors (Lipinski definition) is 0. The second-order valence-electron chi connectivity index (χ2n) is 5.97. The number of rotatable bonds is 3. The first-order chi connectivity index (χ1) is 12.2. The lowest BCUT2D eigenvalue weighted by Crippen LogP contribution is -2.43. The molecule has 1 fully saturated rings. The number of methoxy groups -OCH3 is 1. The maximum atomic E-state index is 12.7. The smallest absolute Gasteiger partial charge is 0.294 e. The van der Waals surface area contributed by atoms with E-state index in [1.54, 1.807) is 12.2 Å². The summed E-state index contributed by atoms with van der Waals surface area (Å²) in [5.74, 6) is -1.45. The van der Waals surface area contributed by atoms with Gasteiger partial charge in [0.1, 0.15) is 12.2 Å². The van der Waals surface area contributed by atoms with Gasteiger partial charge in [-0.25, -0.2) is 0 Å². The minimum Gasteiger partial charge on any atom is -0.495 e. The fourth-order valence-electron chi connectivity index (χ4n) is 3.28. The molecule has 1 aliphatic carbocycles. The fraction of sp³-hybridized carbons (Fsp3) is 0.190. The molecule has 2 aliphatic rings. The average molecular weight is 334 g/mol. The molecule has 2 atom stereocenters. The molecule has 4 heteroatoms. The summed E-state index contributed by atoms with van der Waals surface area (Å²) in [6.07, 6.45) is 3.97. The van der Waals surface area contributed by atoms with E-state index >= 15 is 0 Å². The van der Waals surface area contributed by atoms with Gasteiger partial charge >= 0.3 is 0 Å². The predicted octanol–water partition coefficient (Wildman–Crippen LogP) is 3.88. The summed E-state index contributed by atoms with van der Waals surface area (Å²) < 4.78 is 17.9. The lowest BCUT2D eigenvalue weighted by Gasteiger charge is -2.28. The van der Waals surface area contributed by atoms with Crippen LogP contribution in [-0.2, 0) is 19.0 Å². The van der Waals surface area contributed by atoms with Gasteiger partial charge in [0, 0.05) is 0 Å². The highest BCUT2D eigenvalue weighted by molar-refractivity contribution is 5.99. The number of ketones is 1. The summed E-state index contributed by atoms with van der Waals surface area (Å²) in [6, 6.07) is 19.6. The first-order valence-corrected chi connectivity index (χ1v) is 8.17. The molecule has 126 valence electrons. The quantitative estimate of drug-likeness (QED) is 0.854. The largest absolute Gasteiger partial charge is 0.495 e. The van der Waals surface area contributed by atoms with Crippen LogP contribution < -0.4 is 0 Å². The van der Waals surface area contributed by atoms with E-state index in [1.165, 1.54) is 13.2 Å². The Balaban J connectivity index is 1.81. The van der Waals surface area contributed by atoms with Gasteiger partial charge in [0.25, 0.3) is 5.79 Å².